The number of carbonyl (C=O) groups excluding carboxylic acids is 1. The summed E-state index contributed by atoms with van der Waals surface area (Å²) in [5, 5.41) is 0. The minimum Gasteiger partial charge on any atom is -0.463 e. The monoisotopic (exact) mass is 180 g/mol. The van der Waals surface area contributed by atoms with Crippen LogP contribution in [0.2, 0.25) is 0 Å². The van der Waals surface area contributed by atoms with Crippen molar-refractivity contribution < 1.29 is 9.53 Å². The molecule has 60 valence electrons. The fraction of sp³-hybridized carbons (Fsp3) is 0.833. The highest BCUT2D eigenvalue weighted by molar-refractivity contribution is 7.99. The quantitative estimate of drug-likeness (QED) is 0.391. The van der Waals surface area contributed by atoms with Crippen LogP contribution in [0.4, 0.5) is 0 Å². The molecule has 0 saturated heterocycles. The Hall–Kier alpha value is 0.170. The molecule has 0 aromatic heterocycles. The van der Waals surface area contributed by atoms with Crippen LogP contribution in [0.5, 0.6) is 0 Å². The van der Waals surface area contributed by atoms with Gasteiger partial charge < -0.3 is 4.74 Å². The molecule has 0 atom stereocenters. The zero-order valence-electron chi connectivity index (χ0n) is 6.07. The van der Waals surface area contributed by atoms with Crippen molar-refractivity contribution in [1.82, 2.24) is 0 Å². The minimum absolute atomic E-state index is 0.0482. The fourth-order valence-electron chi connectivity index (χ4n) is 0.460. The molecule has 4 heteroatoms. The number of ether oxygens (including phenoxy) is 1. The van der Waals surface area contributed by atoms with Crippen molar-refractivity contribution in [3.8, 4) is 0 Å². The summed E-state index contributed by atoms with van der Waals surface area (Å²) in [6.07, 6.45) is 0.206. The summed E-state index contributed by atoms with van der Waals surface area (Å²) < 4.78 is 4.61. The van der Waals surface area contributed by atoms with Gasteiger partial charge in [-0.2, -0.15) is 25.3 Å². The molecule has 0 unspecified atom stereocenters. The molecule has 10 heavy (non-hydrogen) atoms. The molecule has 2 nitrogen and oxygen atoms in total. The molecule has 0 rings (SSSR count). The average molecular weight is 180 g/mol. The van der Waals surface area contributed by atoms with Gasteiger partial charge in [-0.05, 0) is 13.8 Å². The van der Waals surface area contributed by atoms with E-state index in [0.717, 1.165) is 0 Å². The van der Waals surface area contributed by atoms with Crippen LogP contribution >= 0.6 is 25.3 Å². The van der Waals surface area contributed by atoms with Crippen molar-refractivity contribution in [1.29, 1.82) is 0 Å². The number of rotatable bonds is 3. The Bertz CT molecular complexity index is 100. The Morgan fingerprint density at radius 2 is 2.00 bits per heavy atom. The number of hydrogen-bond acceptors (Lipinski definition) is 4. The van der Waals surface area contributed by atoms with Gasteiger partial charge in [0.05, 0.1) is 17.1 Å². The van der Waals surface area contributed by atoms with Gasteiger partial charge >= 0.3 is 5.97 Å². The van der Waals surface area contributed by atoms with E-state index in [-0.39, 0.29) is 23.1 Å². The normalized spacial score (nSPS) is 10.6. The molecule has 0 amide bonds. The van der Waals surface area contributed by atoms with Crippen molar-refractivity contribution in [3.63, 3.8) is 0 Å². The molecule has 0 aliphatic rings. The van der Waals surface area contributed by atoms with Gasteiger partial charge in [-0.25, -0.2) is 0 Å². The van der Waals surface area contributed by atoms with E-state index in [4.69, 9.17) is 4.74 Å². The molecule has 0 bridgehead atoms. The van der Waals surface area contributed by atoms with Crippen LogP contribution in [-0.2, 0) is 9.53 Å². The SMILES string of the molecule is CC(C)OC(=O)CC(S)S. The molecular formula is C6H12O2S2. The molecule has 0 heterocycles. The number of esters is 1. The highest BCUT2D eigenvalue weighted by Crippen LogP contribution is 2.07. The van der Waals surface area contributed by atoms with Gasteiger partial charge in [-0.3, -0.25) is 4.79 Å². The zero-order valence-corrected chi connectivity index (χ0v) is 7.86. The van der Waals surface area contributed by atoms with Crippen molar-refractivity contribution in [2.75, 3.05) is 0 Å². The fourth-order valence-corrected chi connectivity index (χ4v) is 0.758. The summed E-state index contributed by atoms with van der Waals surface area (Å²) in [5.41, 5.74) is 0. The van der Waals surface area contributed by atoms with Crippen molar-refractivity contribution in [2.45, 2.75) is 31.0 Å². The van der Waals surface area contributed by atoms with Gasteiger partial charge in [0.25, 0.3) is 0 Å². The highest BCUT2D eigenvalue weighted by Gasteiger charge is 2.07. The lowest BCUT2D eigenvalue weighted by atomic mass is 10.4. The van der Waals surface area contributed by atoms with Gasteiger partial charge in [0.15, 0.2) is 0 Å². The number of hydrogen-bond donors (Lipinski definition) is 2. The largest absolute Gasteiger partial charge is 0.463 e. The van der Waals surface area contributed by atoms with Crippen LogP contribution in [0, 0.1) is 0 Å². The van der Waals surface area contributed by atoms with Crippen LogP contribution in [0.1, 0.15) is 20.3 Å². The highest BCUT2D eigenvalue weighted by atomic mass is 32.2. The summed E-state index contributed by atoms with van der Waals surface area (Å²) in [5.74, 6) is -0.245. The third-order valence-corrected chi connectivity index (χ3v) is 1.08. The first-order valence-corrected chi connectivity index (χ1v) is 4.11. The molecule has 0 fully saturated rings. The van der Waals surface area contributed by atoms with E-state index in [0.29, 0.717) is 0 Å². The van der Waals surface area contributed by atoms with Gasteiger partial charge in [-0.15, -0.1) is 0 Å². The van der Waals surface area contributed by atoms with Gasteiger partial charge in [0.2, 0.25) is 0 Å². The van der Waals surface area contributed by atoms with Crippen molar-refractivity contribution in [2.24, 2.45) is 0 Å². The Morgan fingerprint density at radius 3 is 2.30 bits per heavy atom. The number of thiol groups is 2. The van der Waals surface area contributed by atoms with E-state index in [2.05, 4.69) is 25.3 Å². The van der Waals surface area contributed by atoms with E-state index in [1.165, 1.54) is 0 Å². The molecule has 0 spiro atoms. The molecule has 0 aromatic rings. The van der Waals surface area contributed by atoms with E-state index in [9.17, 15) is 4.79 Å². The lowest BCUT2D eigenvalue weighted by molar-refractivity contribution is -0.146. The lowest BCUT2D eigenvalue weighted by Crippen LogP contribution is -2.13. The summed E-state index contributed by atoms with van der Waals surface area (Å²) >= 11 is 7.85. The lowest BCUT2D eigenvalue weighted by Gasteiger charge is -2.07. The first kappa shape index (κ1) is 10.2. The summed E-state index contributed by atoms with van der Waals surface area (Å²) in [6.45, 7) is 3.62. The zero-order chi connectivity index (χ0) is 8.15. The first-order valence-electron chi connectivity index (χ1n) is 3.08. The predicted molar refractivity (Wildman–Crippen MR) is 47.6 cm³/mol. The second kappa shape index (κ2) is 4.91. The summed E-state index contributed by atoms with van der Waals surface area (Å²) in [7, 11) is 0. The predicted octanol–water partition coefficient (Wildman–Crippen LogP) is 1.51. The molecule has 0 radical (unpaired) electrons. The number of carbonyl (C=O) groups is 1. The van der Waals surface area contributed by atoms with Gasteiger partial charge in [0.1, 0.15) is 0 Å². The minimum atomic E-state index is -0.245. The van der Waals surface area contributed by atoms with Crippen LogP contribution in [0.25, 0.3) is 0 Å². The molecule has 0 aliphatic carbocycles. The third-order valence-electron chi connectivity index (χ3n) is 0.716. The molecule has 0 aromatic carbocycles. The van der Waals surface area contributed by atoms with Gasteiger partial charge in [-0.1, -0.05) is 0 Å². The summed E-state index contributed by atoms with van der Waals surface area (Å²) in [6, 6.07) is 0. The van der Waals surface area contributed by atoms with Crippen LogP contribution in [-0.4, -0.2) is 16.7 Å². The maximum Gasteiger partial charge on any atom is 0.308 e. The third kappa shape index (κ3) is 6.29. The van der Waals surface area contributed by atoms with Crippen molar-refractivity contribution >= 4 is 31.2 Å². The Morgan fingerprint density at radius 1 is 1.50 bits per heavy atom. The maximum atomic E-state index is 10.7. The van der Waals surface area contributed by atoms with Crippen molar-refractivity contribution in [3.05, 3.63) is 0 Å². The Kier molecular flexibility index (Phi) is 4.99. The van der Waals surface area contributed by atoms with E-state index < -0.39 is 0 Å². The van der Waals surface area contributed by atoms with Crippen LogP contribution < -0.4 is 0 Å². The first-order chi connectivity index (χ1) is 4.52. The smallest absolute Gasteiger partial charge is 0.308 e. The molecule has 0 aliphatic heterocycles. The van der Waals surface area contributed by atoms with Gasteiger partial charge in [0, 0.05) is 0 Å². The molecular weight excluding hydrogens is 168 g/mol. The Labute approximate surface area is 72.1 Å². The Balaban J connectivity index is 3.44. The maximum absolute atomic E-state index is 10.7. The molecule has 0 N–H and O–H groups in total. The van der Waals surface area contributed by atoms with E-state index in [1.54, 1.807) is 0 Å². The second-order valence-electron chi connectivity index (χ2n) is 2.22. The van der Waals surface area contributed by atoms with Crippen LogP contribution in [0.3, 0.4) is 0 Å². The van der Waals surface area contributed by atoms with E-state index >= 15 is 0 Å². The summed E-state index contributed by atoms with van der Waals surface area (Å²) in [4.78, 5) is 10.7. The van der Waals surface area contributed by atoms with Crippen LogP contribution in [0.15, 0.2) is 0 Å². The molecule has 0 saturated carbocycles. The topological polar surface area (TPSA) is 26.3 Å². The average Bonchev–Trinajstić information content (AvgIpc) is 1.58. The second-order valence-corrected chi connectivity index (χ2v) is 3.88. The van der Waals surface area contributed by atoms with E-state index in [1.807, 2.05) is 13.8 Å². The standard InChI is InChI=1S/C6H12O2S2/c1-4(2)8-5(7)3-6(9)10/h4,6,9-10H,3H2,1-2H3.